The van der Waals surface area contributed by atoms with Crippen molar-refractivity contribution in [2.45, 2.75) is 26.4 Å². The standard InChI is InChI=1S/C15H19NO2S/c1-10(2)14(15(17)18-3)16-8-11-9-19-13-7-5-4-6-12(11)13/h4-7,9-10,14,16H,8H2,1-3H3/t14-/m0/s1. The molecular formula is C15H19NO2S. The van der Waals surface area contributed by atoms with E-state index in [0.29, 0.717) is 6.54 Å². The predicted octanol–water partition coefficient (Wildman–Crippen LogP) is 3.19. The molecule has 0 aliphatic carbocycles. The van der Waals surface area contributed by atoms with Crippen LogP contribution in [0.25, 0.3) is 10.1 Å². The van der Waals surface area contributed by atoms with Gasteiger partial charge < -0.3 is 10.1 Å². The van der Waals surface area contributed by atoms with Crippen LogP contribution in [0.2, 0.25) is 0 Å². The van der Waals surface area contributed by atoms with Crippen molar-refractivity contribution in [1.82, 2.24) is 5.32 Å². The van der Waals surface area contributed by atoms with Crippen LogP contribution in [0.5, 0.6) is 0 Å². The second-order valence-electron chi connectivity index (χ2n) is 4.88. The van der Waals surface area contributed by atoms with Gasteiger partial charge in [-0.3, -0.25) is 4.79 Å². The number of carbonyl (C=O) groups is 1. The Morgan fingerprint density at radius 1 is 1.37 bits per heavy atom. The van der Waals surface area contributed by atoms with Crippen molar-refractivity contribution in [3.63, 3.8) is 0 Å². The van der Waals surface area contributed by atoms with Crippen molar-refractivity contribution in [1.29, 1.82) is 0 Å². The lowest BCUT2D eigenvalue weighted by Crippen LogP contribution is -2.41. The van der Waals surface area contributed by atoms with Crippen LogP contribution in [0.15, 0.2) is 29.6 Å². The molecule has 19 heavy (non-hydrogen) atoms. The highest BCUT2D eigenvalue weighted by Gasteiger charge is 2.22. The quantitative estimate of drug-likeness (QED) is 0.853. The minimum Gasteiger partial charge on any atom is -0.468 e. The number of methoxy groups -OCH3 is 1. The van der Waals surface area contributed by atoms with E-state index in [4.69, 9.17) is 4.74 Å². The molecular weight excluding hydrogens is 258 g/mol. The summed E-state index contributed by atoms with van der Waals surface area (Å²) in [5, 5.41) is 6.70. The van der Waals surface area contributed by atoms with Crippen LogP contribution < -0.4 is 5.32 Å². The monoisotopic (exact) mass is 277 g/mol. The maximum absolute atomic E-state index is 11.7. The smallest absolute Gasteiger partial charge is 0.323 e. The van der Waals surface area contributed by atoms with E-state index in [1.807, 2.05) is 26.0 Å². The highest BCUT2D eigenvalue weighted by molar-refractivity contribution is 7.17. The van der Waals surface area contributed by atoms with Gasteiger partial charge in [0.05, 0.1) is 7.11 Å². The van der Waals surface area contributed by atoms with Crippen LogP contribution in [0, 0.1) is 5.92 Å². The highest BCUT2D eigenvalue weighted by Crippen LogP contribution is 2.25. The molecule has 102 valence electrons. The number of ether oxygens (including phenoxy) is 1. The summed E-state index contributed by atoms with van der Waals surface area (Å²) in [6, 6.07) is 8.05. The van der Waals surface area contributed by atoms with Gasteiger partial charge in [-0.15, -0.1) is 11.3 Å². The molecule has 0 spiro atoms. The molecule has 1 aromatic heterocycles. The molecule has 2 aromatic rings. The number of carbonyl (C=O) groups excluding carboxylic acids is 1. The maximum atomic E-state index is 11.7. The third-order valence-electron chi connectivity index (χ3n) is 3.20. The zero-order chi connectivity index (χ0) is 13.8. The van der Waals surface area contributed by atoms with Crippen molar-refractivity contribution >= 4 is 27.4 Å². The highest BCUT2D eigenvalue weighted by atomic mass is 32.1. The third-order valence-corrected chi connectivity index (χ3v) is 4.21. The van der Waals surface area contributed by atoms with Crippen LogP contribution in [-0.4, -0.2) is 19.1 Å². The first-order valence-electron chi connectivity index (χ1n) is 6.39. The van der Waals surface area contributed by atoms with Crippen LogP contribution in [0.1, 0.15) is 19.4 Å². The summed E-state index contributed by atoms with van der Waals surface area (Å²) in [6.07, 6.45) is 0. The summed E-state index contributed by atoms with van der Waals surface area (Å²) in [5.74, 6) is 0.00638. The number of hydrogen-bond donors (Lipinski definition) is 1. The Bertz CT molecular complexity index is 562. The third kappa shape index (κ3) is 3.14. The van der Waals surface area contributed by atoms with Gasteiger partial charge in [0.2, 0.25) is 0 Å². The Hall–Kier alpha value is -1.39. The molecule has 0 saturated carbocycles. The Balaban J connectivity index is 2.11. The normalized spacial score (nSPS) is 12.8. The summed E-state index contributed by atoms with van der Waals surface area (Å²) in [7, 11) is 1.43. The van der Waals surface area contributed by atoms with Gasteiger partial charge in [-0.2, -0.15) is 0 Å². The summed E-state index contributed by atoms with van der Waals surface area (Å²) in [5.41, 5.74) is 1.23. The number of esters is 1. The largest absolute Gasteiger partial charge is 0.468 e. The maximum Gasteiger partial charge on any atom is 0.323 e. The number of nitrogens with one attached hydrogen (secondary N) is 1. The Kier molecular flexibility index (Phi) is 4.56. The average molecular weight is 277 g/mol. The van der Waals surface area contributed by atoms with E-state index in [9.17, 15) is 4.79 Å². The molecule has 2 rings (SSSR count). The zero-order valence-corrected chi connectivity index (χ0v) is 12.3. The van der Waals surface area contributed by atoms with E-state index in [0.717, 1.165) is 0 Å². The first-order chi connectivity index (χ1) is 9.13. The van der Waals surface area contributed by atoms with Gasteiger partial charge in [0.15, 0.2) is 0 Å². The second kappa shape index (κ2) is 6.17. The van der Waals surface area contributed by atoms with Crippen molar-refractivity contribution in [3.8, 4) is 0 Å². The van der Waals surface area contributed by atoms with Crippen LogP contribution in [-0.2, 0) is 16.1 Å². The van der Waals surface area contributed by atoms with Crippen molar-refractivity contribution in [2.75, 3.05) is 7.11 Å². The van der Waals surface area contributed by atoms with Crippen molar-refractivity contribution in [2.24, 2.45) is 5.92 Å². The molecule has 0 unspecified atom stereocenters. The zero-order valence-electron chi connectivity index (χ0n) is 11.5. The number of hydrogen-bond acceptors (Lipinski definition) is 4. The molecule has 1 heterocycles. The Labute approximate surface area is 117 Å². The number of thiophene rings is 1. The van der Waals surface area contributed by atoms with E-state index >= 15 is 0 Å². The summed E-state index contributed by atoms with van der Waals surface area (Å²) in [6.45, 7) is 4.71. The van der Waals surface area contributed by atoms with Gasteiger partial charge in [-0.05, 0) is 28.3 Å². The van der Waals surface area contributed by atoms with Crippen LogP contribution >= 0.6 is 11.3 Å². The van der Waals surface area contributed by atoms with Crippen LogP contribution in [0.4, 0.5) is 0 Å². The number of fused-ring (bicyclic) bond motifs is 1. The lowest BCUT2D eigenvalue weighted by Gasteiger charge is -2.19. The van der Waals surface area contributed by atoms with E-state index in [2.05, 4.69) is 22.8 Å². The molecule has 0 fully saturated rings. The molecule has 1 N–H and O–H groups in total. The van der Waals surface area contributed by atoms with Gasteiger partial charge in [0, 0.05) is 11.2 Å². The van der Waals surface area contributed by atoms with Crippen LogP contribution in [0.3, 0.4) is 0 Å². The first-order valence-corrected chi connectivity index (χ1v) is 7.27. The molecule has 4 heteroatoms. The van der Waals surface area contributed by atoms with E-state index < -0.39 is 0 Å². The summed E-state index contributed by atoms with van der Waals surface area (Å²) < 4.78 is 6.11. The molecule has 0 bridgehead atoms. The lowest BCUT2D eigenvalue weighted by atomic mass is 10.0. The predicted molar refractivity (Wildman–Crippen MR) is 79.3 cm³/mol. The lowest BCUT2D eigenvalue weighted by molar-refractivity contribution is -0.144. The summed E-state index contributed by atoms with van der Waals surface area (Å²) in [4.78, 5) is 11.7. The fraction of sp³-hybridized carbons (Fsp3) is 0.400. The molecule has 0 amide bonds. The summed E-state index contributed by atoms with van der Waals surface area (Å²) >= 11 is 1.73. The molecule has 0 radical (unpaired) electrons. The molecule has 0 aliphatic rings. The van der Waals surface area contributed by atoms with Gasteiger partial charge in [-0.1, -0.05) is 32.0 Å². The van der Waals surface area contributed by atoms with E-state index in [1.54, 1.807) is 11.3 Å². The molecule has 0 aliphatic heterocycles. The Morgan fingerprint density at radius 3 is 2.79 bits per heavy atom. The van der Waals surface area contributed by atoms with Crippen molar-refractivity contribution < 1.29 is 9.53 Å². The fourth-order valence-electron chi connectivity index (χ4n) is 2.11. The van der Waals surface area contributed by atoms with Gasteiger partial charge in [-0.25, -0.2) is 0 Å². The minimum atomic E-state index is -0.260. The molecule has 1 atom stereocenters. The SMILES string of the molecule is COC(=O)[C@@H](NCc1csc2ccccc12)C(C)C. The van der Waals surface area contributed by atoms with Gasteiger partial charge in [0.25, 0.3) is 0 Å². The van der Waals surface area contributed by atoms with Gasteiger partial charge in [0.1, 0.15) is 6.04 Å². The number of rotatable bonds is 5. The minimum absolute atomic E-state index is 0.200. The molecule has 3 nitrogen and oxygen atoms in total. The fourth-order valence-corrected chi connectivity index (χ4v) is 3.07. The molecule has 1 aromatic carbocycles. The molecule has 0 saturated heterocycles. The topological polar surface area (TPSA) is 38.3 Å². The average Bonchev–Trinajstić information content (AvgIpc) is 2.82. The second-order valence-corrected chi connectivity index (χ2v) is 5.79. The van der Waals surface area contributed by atoms with Gasteiger partial charge >= 0.3 is 5.97 Å². The van der Waals surface area contributed by atoms with E-state index in [-0.39, 0.29) is 17.9 Å². The van der Waals surface area contributed by atoms with E-state index in [1.165, 1.54) is 22.8 Å². The first kappa shape index (κ1) is 14.0. The Morgan fingerprint density at radius 2 is 2.11 bits per heavy atom. The van der Waals surface area contributed by atoms with Crippen molar-refractivity contribution in [3.05, 3.63) is 35.2 Å². The number of benzene rings is 1.